The van der Waals surface area contributed by atoms with Crippen LogP contribution in [0.25, 0.3) is 0 Å². The number of hydrogen-bond acceptors (Lipinski definition) is 2. The highest BCUT2D eigenvalue weighted by Crippen LogP contribution is 1.96. The summed E-state index contributed by atoms with van der Waals surface area (Å²) in [6, 6.07) is 0. The number of rotatable bonds is 1. The first-order valence-corrected chi connectivity index (χ1v) is 3.20. The quantitative estimate of drug-likeness (QED) is 0.493. The van der Waals surface area contributed by atoms with E-state index in [1.54, 1.807) is 4.90 Å². The highest BCUT2D eigenvalue weighted by molar-refractivity contribution is 5.77. The Balaban J connectivity index is 2.39. The average Bonchev–Trinajstić information content (AvgIpc) is 1.89. The van der Waals surface area contributed by atoms with Crippen LogP contribution in [0.1, 0.15) is 6.92 Å². The topological polar surface area (TPSA) is 29.5 Å². The Morgan fingerprint density at radius 2 is 2.56 bits per heavy atom. The standard InChI is InChI=1S/C6H11NO2/c1-2-7-3-4-9-5-6(7)8/h2-5H2,1H3. The van der Waals surface area contributed by atoms with Crippen LogP contribution in [0.5, 0.6) is 0 Å². The van der Waals surface area contributed by atoms with Gasteiger partial charge in [0.15, 0.2) is 0 Å². The minimum absolute atomic E-state index is 0.115. The zero-order chi connectivity index (χ0) is 6.69. The maximum atomic E-state index is 10.8. The van der Waals surface area contributed by atoms with E-state index >= 15 is 0 Å². The summed E-state index contributed by atoms with van der Waals surface area (Å²) in [5, 5.41) is 0. The molecule has 0 unspecified atom stereocenters. The van der Waals surface area contributed by atoms with Gasteiger partial charge >= 0.3 is 0 Å². The second kappa shape index (κ2) is 2.82. The summed E-state index contributed by atoms with van der Waals surface area (Å²) in [5.74, 6) is 0.115. The molecule has 1 aliphatic heterocycles. The summed E-state index contributed by atoms with van der Waals surface area (Å²) in [7, 11) is 0. The molecule has 52 valence electrons. The van der Waals surface area contributed by atoms with E-state index in [0.717, 1.165) is 13.1 Å². The van der Waals surface area contributed by atoms with Crippen molar-refractivity contribution in [3.63, 3.8) is 0 Å². The second-order valence-electron chi connectivity index (χ2n) is 2.03. The Labute approximate surface area is 54.6 Å². The molecule has 1 heterocycles. The van der Waals surface area contributed by atoms with Gasteiger partial charge in [0, 0.05) is 13.1 Å². The monoisotopic (exact) mass is 129 g/mol. The van der Waals surface area contributed by atoms with E-state index in [1.165, 1.54) is 0 Å². The lowest BCUT2D eigenvalue weighted by atomic mass is 10.4. The predicted molar refractivity (Wildman–Crippen MR) is 33.1 cm³/mol. The molecule has 0 aromatic carbocycles. The van der Waals surface area contributed by atoms with Crippen molar-refractivity contribution in [2.24, 2.45) is 0 Å². The van der Waals surface area contributed by atoms with E-state index in [1.807, 2.05) is 6.92 Å². The van der Waals surface area contributed by atoms with E-state index in [9.17, 15) is 4.79 Å². The Morgan fingerprint density at radius 3 is 3.00 bits per heavy atom. The van der Waals surface area contributed by atoms with Gasteiger partial charge in [-0.1, -0.05) is 0 Å². The molecule has 0 radical (unpaired) electrons. The molecule has 3 heteroatoms. The first-order valence-electron chi connectivity index (χ1n) is 3.20. The predicted octanol–water partition coefficient (Wildman–Crippen LogP) is -0.135. The van der Waals surface area contributed by atoms with Crippen LogP contribution in [0.4, 0.5) is 0 Å². The molecule has 0 atom stereocenters. The molecule has 3 nitrogen and oxygen atoms in total. The normalized spacial score (nSPS) is 20.6. The molecule has 1 saturated heterocycles. The third-order valence-corrected chi connectivity index (χ3v) is 1.47. The first kappa shape index (κ1) is 6.55. The minimum atomic E-state index is 0.115. The molecule has 0 saturated carbocycles. The lowest BCUT2D eigenvalue weighted by Crippen LogP contribution is -2.41. The zero-order valence-corrected chi connectivity index (χ0v) is 5.59. The van der Waals surface area contributed by atoms with Gasteiger partial charge in [0.1, 0.15) is 6.61 Å². The van der Waals surface area contributed by atoms with Gasteiger partial charge < -0.3 is 9.64 Å². The third kappa shape index (κ3) is 1.42. The Morgan fingerprint density at radius 1 is 1.78 bits per heavy atom. The summed E-state index contributed by atoms with van der Waals surface area (Å²) >= 11 is 0. The van der Waals surface area contributed by atoms with Gasteiger partial charge in [-0.3, -0.25) is 4.79 Å². The van der Waals surface area contributed by atoms with E-state index in [4.69, 9.17) is 4.74 Å². The number of amides is 1. The molecule has 1 rings (SSSR count). The molecule has 1 fully saturated rings. The first-order chi connectivity index (χ1) is 4.34. The van der Waals surface area contributed by atoms with Crippen molar-refractivity contribution in [3.05, 3.63) is 0 Å². The van der Waals surface area contributed by atoms with Crippen LogP contribution in [0, 0.1) is 0 Å². The van der Waals surface area contributed by atoms with Gasteiger partial charge in [-0.25, -0.2) is 0 Å². The summed E-state index contributed by atoms with van der Waals surface area (Å²) < 4.78 is 4.92. The SMILES string of the molecule is CCN1CCOCC1=O. The molecule has 0 aromatic heterocycles. The summed E-state index contributed by atoms with van der Waals surface area (Å²) in [6.07, 6.45) is 0. The van der Waals surface area contributed by atoms with Crippen LogP contribution >= 0.6 is 0 Å². The summed E-state index contributed by atoms with van der Waals surface area (Å²) in [6.45, 7) is 4.51. The minimum Gasteiger partial charge on any atom is -0.370 e. The van der Waals surface area contributed by atoms with Crippen LogP contribution in [-0.2, 0) is 9.53 Å². The number of hydrogen-bond donors (Lipinski definition) is 0. The van der Waals surface area contributed by atoms with Gasteiger partial charge in [-0.15, -0.1) is 0 Å². The number of carbonyl (C=O) groups is 1. The Hall–Kier alpha value is -0.570. The fourth-order valence-electron chi connectivity index (χ4n) is 0.885. The van der Waals surface area contributed by atoms with Crippen LogP contribution in [0.3, 0.4) is 0 Å². The van der Waals surface area contributed by atoms with E-state index in [2.05, 4.69) is 0 Å². The average molecular weight is 129 g/mol. The Bertz CT molecular complexity index is 114. The van der Waals surface area contributed by atoms with Crippen LogP contribution in [0.2, 0.25) is 0 Å². The number of nitrogens with zero attached hydrogens (tertiary/aromatic N) is 1. The lowest BCUT2D eigenvalue weighted by molar-refractivity contribution is -0.142. The highest BCUT2D eigenvalue weighted by Gasteiger charge is 2.15. The van der Waals surface area contributed by atoms with E-state index < -0.39 is 0 Å². The number of ether oxygens (including phenoxy) is 1. The second-order valence-corrected chi connectivity index (χ2v) is 2.03. The number of carbonyl (C=O) groups excluding carboxylic acids is 1. The van der Waals surface area contributed by atoms with Crippen molar-refractivity contribution in [1.29, 1.82) is 0 Å². The van der Waals surface area contributed by atoms with Crippen LogP contribution < -0.4 is 0 Å². The smallest absolute Gasteiger partial charge is 0.248 e. The fraction of sp³-hybridized carbons (Fsp3) is 0.833. The summed E-state index contributed by atoms with van der Waals surface area (Å²) in [5.41, 5.74) is 0. The molecule has 0 spiro atoms. The van der Waals surface area contributed by atoms with Crippen molar-refractivity contribution in [2.75, 3.05) is 26.3 Å². The number of likely N-dealkylation sites (N-methyl/N-ethyl adjacent to an activating group) is 1. The van der Waals surface area contributed by atoms with Crippen molar-refractivity contribution in [1.82, 2.24) is 4.90 Å². The fourth-order valence-corrected chi connectivity index (χ4v) is 0.885. The largest absolute Gasteiger partial charge is 0.370 e. The van der Waals surface area contributed by atoms with Gasteiger partial charge in [-0.05, 0) is 6.92 Å². The maximum absolute atomic E-state index is 10.8. The van der Waals surface area contributed by atoms with Crippen molar-refractivity contribution < 1.29 is 9.53 Å². The molecular formula is C6H11NO2. The van der Waals surface area contributed by atoms with Gasteiger partial charge in [-0.2, -0.15) is 0 Å². The highest BCUT2D eigenvalue weighted by atomic mass is 16.5. The van der Waals surface area contributed by atoms with Crippen molar-refractivity contribution in [2.45, 2.75) is 6.92 Å². The lowest BCUT2D eigenvalue weighted by Gasteiger charge is -2.24. The number of morpholine rings is 1. The Kier molecular flexibility index (Phi) is 2.05. The molecule has 0 bridgehead atoms. The maximum Gasteiger partial charge on any atom is 0.248 e. The van der Waals surface area contributed by atoms with E-state index in [-0.39, 0.29) is 12.5 Å². The third-order valence-electron chi connectivity index (χ3n) is 1.47. The molecule has 0 aliphatic carbocycles. The van der Waals surface area contributed by atoms with Crippen LogP contribution in [0.15, 0.2) is 0 Å². The van der Waals surface area contributed by atoms with Gasteiger partial charge in [0.05, 0.1) is 6.61 Å². The molecule has 9 heavy (non-hydrogen) atoms. The summed E-state index contributed by atoms with van der Waals surface area (Å²) in [4.78, 5) is 12.6. The van der Waals surface area contributed by atoms with Crippen molar-refractivity contribution in [3.8, 4) is 0 Å². The van der Waals surface area contributed by atoms with Gasteiger partial charge in [0.25, 0.3) is 0 Å². The zero-order valence-electron chi connectivity index (χ0n) is 5.59. The molecule has 0 N–H and O–H groups in total. The molecule has 0 aromatic rings. The van der Waals surface area contributed by atoms with Crippen molar-refractivity contribution >= 4 is 5.91 Å². The van der Waals surface area contributed by atoms with Gasteiger partial charge in [0.2, 0.25) is 5.91 Å². The molecule has 1 amide bonds. The molecular weight excluding hydrogens is 118 g/mol. The molecule has 1 aliphatic rings. The van der Waals surface area contributed by atoms with E-state index in [0.29, 0.717) is 6.61 Å². The van der Waals surface area contributed by atoms with Crippen LogP contribution in [-0.4, -0.2) is 37.1 Å².